The molecule has 1 aliphatic heterocycles. The van der Waals surface area contributed by atoms with Crippen LogP contribution in [0.4, 0.5) is 0 Å². The largest absolute Gasteiger partial charge is 0.493 e. The Labute approximate surface area is 143 Å². The molecule has 5 nitrogen and oxygen atoms in total. The molecule has 24 heavy (non-hydrogen) atoms. The molecule has 0 N–H and O–H groups in total. The fraction of sp³-hybridized carbons (Fsp3) is 0.474. The number of rotatable bonds is 8. The van der Waals surface area contributed by atoms with E-state index < -0.39 is 0 Å². The van der Waals surface area contributed by atoms with Crippen LogP contribution in [0.3, 0.4) is 0 Å². The zero-order chi connectivity index (χ0) is 16.8. The molecule has 0 bridgehead atoms. The summed E-state index contributed by atoms with van der Waals surface area (Å²) in [6.45, 7) is 3.34. The first-order valence-corrected chi connectivity index (χ1v) is 8.35. The molecule has 1 unspecified atom stereocenters. The second-order valence-electron chi connectivity index (χ2n) is 6.07. The molecule has 1 aliphatic rings. The molecule has 0 aliphatic carbocycles. The van der Waals surface area contributed by atoms with Crippen molar-refractivity contribution < 1.29 is 18.6 Å². The highest BCUT2D eigenvalue weighted by Crippen LogP contribution is 2.28. The third-order valence-corrected chi connectivity index (χ3v) is 4.30. The molecule has 2 heterocycles. The summed E-state index contributed by atoms with van der Waals surface area (Å²) in [6.07, 6.45) is 4.30. The standard InChI is InChI=1S/C19H25NO4/c1-21-18-8-7-15(11-19(18)22-2)12-20(13-16-5-3-9-23-16)14-17-6-4-10-24-17/h3,5,7-9,11,17H,4,6,10,12-14H2,1-2H3. The van der Waals surface area contributed by atoms with Crippen molar-refractivity contribution in [1.29, 1.82) is 0 Å². The van der Waals surface area contributed by atoms with E-state index in [1.54, 1.807) is 20.5 Å². The van der Waals surface area contributed by atoms with Gasteiger partial charge >= 0.3 is 0 Å². The average molecular weight is 331 g/mol. The van der Waals surface area contributed by atoms with E-state index in [0.717, 1.165) is 56.3 Å². The van der Waals surface area contributed by atoms with Crippen molar-refractivity contribution in [3.05, 3.63) is 47.9 Å². The van der Waals surface area contributed by atoms with Crippen molar-refractivity contribution in [1.82, 2.24) is 4.90 Å². The van der Waals surface area contributed by atoms with Gasteiger partial charge in [0.15, 0.2) is 11.5 Å². The van der Waals surface area contributed by atoms with Crippen LogP contribution >= 0.6 is 0 Å². The number of nitrogens with zero attached hydrogens (tertiary/aromatic N) is 1. The summed E-state index contributed by atoms with van der Waals surface area (Å²) in [6, 6.07) is 9.99. The van der Waals surface area contributed by atoms with Crippen LogP contribution in [-0.2, 0) is 17.8 Å². The maximum Gasteiger partial charge on any atom is 0.161 e. The Kier molecular flexibility index (Phi) is 5.77. The van der Waals surface area contributed by atoms with Gasteiger partial charge in [-0.1, -0.05) is 6.07 Å². The lowest BCUT2D eigenvalue weighted by Crippen LogP contribution is -2.31. The zero-order valence-electron chi connectivity index (χ0n) is 14.4. The van der Waals surface area contributed by atoms with E-state index in [1.807, 2.05) is 24.3 Å². The van der Waals surface area contributed by atoms with Crippen molar-refractivity contribution in [3.63, 3.8) is 0 Å². The Balaban J connectivity index is 1.72. The van der Waals surface area contributed by atoms with E-state index in [4.69, 9.17) is 18.6 Å². The van der Waals surface area contributed by atoms with Gasteiger partial charge in [0.2, 0.25) is 0 Å². The van der Waals surface area contributed by atoms with Crippen molar-refractivity contribution in [2.45, 2.75) is 32.0 Å². The molecule has 0 saturated carbocycles. The minimum atomic E-state index is 0.306. The van der Waals surface area contributed by atoms with Crippen molar-refractivity contribution in [2.75, 3.05) is 27.4 Å². The summed E-state index contributed by atoms with van der Waals surface area (Å²) in [4.78, 5) is 2.36. The number of methoxy groups -OCH3 is 2. The topological polar surface area (TPSA) is 44.1 Å². The summed E-state index contributed by atoms with van der Waals surface area (Å²) < 4.78 is 22.1. The molecule has 0 radical (unpaired) electrons. The van der Waals surface area contributed by atoms with E-state index in [0.29, 0.717) is 6.10 Å². The number of benzene rings is 1. The fourth-order valence-corrected chi connectivity index (χ4v) is 3.12. The van der Waals surface area contributed by atoms with Crippen LogP contribution in [0.25, 0.3) is 0 Å². The smallest absolute Gasteiger partial charge is 0.161 e. The SMILES string of the molecule is COc1ccc(CN(Cc2ccco2)CC2CCCO2)cc1OC. The van der Waals surface area contributed by atoms with Crippen LogP contribution in [0, 0.1) is 0 Å². The van der Waals surface area contributed by atoms with Crippen molar-refractivity contribution in [3.8, 4) is 11.5 Å². The molecule has 2 aromatic rings. The highest BCUT2D eigenvalue weighted by atomic mass is 16.5. The van der Waals surface area contributed by atoms with Gasteiger partial charge in [-0.05, 0) is 42.7 Å². The monoisotopic (exact) mass is 331 g/mol. The van der Waals surface area contributed by atoms with Gasteiger partial charge in [0.1, 0.15) is 5.76 Å². The minimum absolute atomic E-state index is 0.306. The van der Waals surface area contributed by atoms with Gasteiger partial charge in [0, 0.05) is 19.7 Å². The lowest BCUT2D eigenvalue weighted by atomic mass is 10.1. The average Bonchev–Trinajstić information content (AvgIpc) is 3.28. The lowest BCUT2D eigenvalue weighted by Gasteiger charge is -2.24. The van der Waals surface area contributed by atoms with Gasteiger partial charge in [0.05, 0.1) is 33.1 Å². The predicted molar refractivity (Wildman–Crippen MR) is 91.3 cm³/mol. The van der Waals surface area contributed by atoms with Gasteiger partial charge in [-0.2, -0.15) is 0 Å². The van der Waals surface area contributed by atoms with Crippen LogP contribution in [0.2, 0.25) is 0 Å². The molecule has 0 spiro atoms. The molecule has 1 aromatic heterocycles. The Morgan fingerprint density at radius 1 is 1.12 bits per heavy atom. The molecule has 1 saturated heterocycles. The number of ether oxygens (including phenoxy) is 3. The first kappa shape index (κ1) is 16.9. The molecule has 1 aromatic carbocycles. The van der Waals surface area contributed by atoms with Gasteiger partial charge in [-0.25, -0.2) is 0 Å². The van der Waals surface area contributed by atoms with E-state index >= 15 is 0 Å². The Hall–Kier alpha value is -1.98. The maximum absolute atomic E-state index is 5.80. The molecule has 1 atom stereocenters. The van der Waals surface area contributed by atoms with Crippen LogP contribution < -0.4 is 9.47 Å². The zero-order valence-corrected chi connectivity index (χ0v) is 14.4. The van der Waals surface area contributed by atoms with Crippen LogP contribution in [0.15, 0.2) is 41.0 Å². The van der Waals surface area contributed by atoms with Gasteiger partial charge in [-0.15, -0.1) is 0 Å². The van der Waals surface area contributed by atoms with E-state index in [2.05, 4.69) is 11.0 Å². The Morgan fingerprint density at radius 3 is 2.67 bits per heavy atom. The summed E-state index contributed by atoms with van der Waals surface area (Å²) in [5, 5.41) is 0. The number of hydrogen-bond donors (Lipinski definition) is 0. The second kappa shape index (κ2) is 8.22. The fourth-order valence-electron chi connectivity index (χ4n) is 3.12. The third-order valence-electron chi connectivity index (χ3n) is 4.30. The maximum atomic E-state index is 5.80. The summed E-state index contributed by atoms with van der Waals surface area (Å²) >= 11 is 0. The van der Waals surface area contributed by atoms with Crippen LogP contribution in [-0.4, -0.2) is 38.4 Å². The predicted octanol–water partition coefficient (Wildman–Crippen LogP) is 3.48. The second-order valence-corrected chi connectivity index (χ2v) is 6.07. The van der Waals surface area contributed by atoms with E-state index in [9.17, 15) is 0 Å². The quantitative estimate of drug-likeness (QED) is 0.741. The molecule has 0 amide bonds. The Bertz CT molecular complexity index is 620. The van der Waals surface area contributed by atoms with Gasteiger partial charge < -0.3 is 18.6 Å². The third kappa shape index (κ3) is 4.30. The first-order valence-electron chi connectivity index (χ1n) is 8.35. The van der Waals surface area contributed by atoms with Gasteiger partial charge in [-0.3, -0.25) is 4.90 Å². The van der Waals surface area contributed by atoms with Crippen LogP contribution in [0.1, 0.15) is 24.2 Å². The minimum Gasteiger partial charge on any atom is -0.493 e. The summed E-state index contributed by atoms with van der Waals surface area (Å²) in [5.41, 5.74) is 1.18. The molecule has 1 fully saturated rings. The summed E-state index contributed by atoms with van der Waals surface area (Å²) in [7, 11) is 3.31. The normalized spacial score (nSPS) is 17.4. The molecular formula is C19H25NO4. The molecule has 3 rings (SSSR count). The number of furan rings is 1. The highest BCUT2D eigenvalue weighted by Gasteiger charge is 2.20. The molecule has 5 heteroatoms. The van der Waals surface area contributed by atoms with E-state index in [1.165, 1.54) is 5.56 Å². The van der Waals surface area contributed by atoms with Crippen molar-refractivity contribution in [2.24, 2.45) is 0 Å². The number of hydrogen-bond acceptors (Lipinski definition) is 5. The molecular weight excluding hydrogens is 306 g/mol. The summed E-state index contributed by atoms with van der Waals surface area (Å²) in [5.74, 6) is 2.47. The first-order chi connectivity index (χ1) is 11.8. The molecule has 130 valence electrons. The lowest BCUT2D eigenvalue weighted by molar-refractivity contribution is 0.0655. The van der Waals surface area contributed by atoms with Crippen molar-refractivity contribution >= 4 is 0 Å². The Morgan fingerprint density at radius 2 is 2.00 bits per heavy atom. The van der Waals surface area contributed by atoms with Crippen LogP contribution in [0.5, 0.6) is 11.5 Å². The van der Waals surface area contributed by atoms with Gasteiger partial charge in [0.25, 0.3) is 0 Å². The van der Waals surface area contributed by atoms with E-state index in [-0.39, 0.29) is 0 Å². The highest BCUT2D eigenvalue weighted by molar-refractivity contribution is 5.42.